The van der Waals surface area contributed by atoms with Crippen LogP contribution in [0.2, 0.25) is 0 Å². The van der Waals surface area contributed by atoms with Gasteiger partial charge in [0.25, 0.3) is 0 Å². The first-order valence-corrected chi connectivity index (χ1v) is 7.29. The molecule has 4 rings (SSSR count). The summed E-state index contributed by atoms with van der Waals surface area (Å²) in [5, 5.41) is 4.37. The molecule has 21 heavy (non-hydrogen) atoms. The van der Waals surface area contributed by atoms with Crippen LogP contribution in [0.15, 0.2) is 30.6 Å². The summed E-state index contributed by atoms with van der Waals surface area (Å²) in [5.41, 5.74) is 10.5. The Hall–Kier alpha value is -2.43. The van der Waals surface area contributed by atoms with E-state index in [0.717, 1.165) is 29.9 Å². The average molecular weight is 279 g/mol. The standard InChI is InChI=1S/C16H17N5/c1-10-14-15(17)18-9-19-21(14)16(20-10)13-8-4-6-11-5-2-3-7-12(11)13/h2-3,5,7,9,13H,4,6,8H2,1H3,(H2,17,18,19). The number of anilines is 1. The molecule has 0 aliphatic heterocycles. The van der Waals surface area contributed by atoms with Crippen LogP contribution >= 0.6 is 0 Å². The maximum Gasteiger partial charge on any atom is 0.153 e. The van der Waals surface area contributed by atoms with Gasteiger partial charge in [0, 0.05) is 5.92 Å². The van der Waals surface area contributed by atoms with Crippen molar-refractivity contribution in [3.63, 3.8) is 0 Å². The third kappa shape index (κ3) is 1.81. The molecule has 0 bridgehead atoms. The molecule has 1 atom stereocenters. The summed E-state index contributed by atoms with van der Waals surface area (Å²) in [4.78, 5) is 8.83. The van der Waals surface area contributed by atoms with Crippen LogP contribution in [0.3, 0.4) is 0 Å². The van der Waals surface area contributed by atoms with Gasteiger partial charge in [0.1, 0.15) is 17.7 Å². The highest BCUT2D eigenvalue weighted by Gasteiger charge is 2.26. The van der Waals surface area contributed by atoms with Crippen molar-refractivity contribution in [3.8, 4) is 0 Å². The van der Waals surface area contributed by atoms with Crippen LogP contribution in [0.25, 0.3) is 5.52 Å². The molecule has 0 fully saturated rings. The van der Waals surface area contributed by atoms with Crippen LogP contribution in [0.5, 0.6) is 0 Å². The lowest BCUT2D eigenvalue weighted by atomic mass is 9.82. The quantitative estimate of drug-likeness (QED) is 0.743. The molecule has 0 radical (unpaired) electrons. The van der Waals surface area contributed by atoms with Gasteiger partial charge in [0.15, 0.2) is 5.82 Å². The number of fused-ring (bicyclic) bond motifs is 2. The van der Waals surface area contributed by atoms with Crippen molar-refractivity contribution >= 4 is 11.3 Å². The van der Waals surface area contributed by atoms with Crippen LogP contribution in [-0.2, 0) is 6.42 Å². The highest BCUT2D eigenvalue weighted by Crippen LogP contribution is 2.36. The minimum atomic E-state index is 0.283. The van der Waals surface area contributed by atoms with Gasteiger partial charge >= 0.3 is 0 Å². The molecule has 2 N–H and O–H groups in total. The van der Waals surface area contributed by atoms with Crippen LogP contribution in [0.1, 0.15) is 41.4 Å². The smallest absolute Gasteiger partial charge is 0.153 e. The molecule has 2 aromatic heterocycles. The summed E-state index contributed by atoms with van der Waals surface area (Å²) in [6.45, 7) is 1.97. The van der Waals surface area contributed by atoms with Crippen LogP contribution in [-0.4, -0.2) is 19.6 Å². The third-order valence-electron chi connectivity index (χ3n) is 4.34. The Morgan fingerprint density at radius 2 is 2.14 bits per heavy atom. The second-order valence-corrected chi connectivity index (χ2v) is 5.60. The zero-order valence-corrected chi connectivity index (χ0v) is 12.0. The maximum atomic E-state index is 5.98. The van der Waals surface area contributed by atoms with Gasteiger partial charge < -0.3 is 5.73 Å². The molecule has 0 spiro atoms. The van der Waals surface area contributed by atoms with Crippen molar-refractivity contribution in [2.75, 3.05) is 5.73 Å². The summed E-state index contributed by atoms with van der Waals surface area (Å²) >= 11 is 0. The number of hydrogen-bond donors (Lipinski definition) is 1. The molecule has 5 heteroatoms. The fraction of sp³-hybridized carbons (Fsp3) is 0.312. The molecule has 0 saturated carbocycles. The summed E-state index contributed by atoms with van der Waals surface area (Å²) in [6.07, 6.45) is 4.92. The Morgan fingerprint density at radius 3 is 3.05 bits per heavy atom. The number of hydrogen-bond acceptors (Lipinski definition) is 4. The topological polar surface area (TPSA) is 69.1 Å². The molecule has 1 unspecified atom stereocenters. The van der Waals surface area contributed by atoms with Gasteiger partial charge in [0.05, 0.1) is 5.69 Å². The lowest BCUT2D eigenvalue weighted by Gasteiger charge is -2.24. The lowest BCUT2D eigenvalue weighted by Crippen LogP contribution is -2.14. The van der Waals surface area contributed by atoms with E-state index in [1.165, 1.54) is 23.9 Å². The monoisotopic (exact) mass is 279 g/mol. The number of benzene rings is 1. The van der Waals surface area contributed by atoms with Gasteiger partial charge in [-0.2, -0.15) is 5.10 Å². The van der Waals surface area contributed by atoms with Gasteiger partial charge in [0.2, 0.25) is 0 Å². The van der Waals surface area contributed by atoms with Crippen LogP contribution in [0, 0.1) is 6.92 Å². The van der Waals surface area contributed by atoms with Gasteiger partial charge in [-0.05, 0) is 37.3 Å². The summed E-state index contributed by atoms with van der Waals surface area (Å²) in [6, 6.07) is 8.63. The predicted molar refractivity (Wildman–Crippen MR) is 81.2 cm³/mol. The average Bonchev–Trinajstić information content (AvgIpc) is 2.85. The van der Waals surface area contributed by atoms with E-state index in [2.05, 4.69) is 34.3 Å². The van der Waals surface area contributed by atoms with Crippen molar-refractivity contribution in [1.82, 2.24) is 19.6 Å². The van der Waals surface area contributed by atoms with Gasteiger partial charge in [-0.25, -0.2) is 14.5 Å². The van der Waals surface area contributed by atoms with Crippen LogP contribution < -0.4 is 5.73 Å². The zero-order chi connectivity index (χ0) is 14.4. The Labute approximate surface area is 122 Å². The molecule has 0 amide bonds. The number of rotatable bonds is 1. The van der Waals surface area contributed by atoms with E-state index in [0.29, 0.717) is 5.82 Å². The fourth-order valence-electron chi connectivity index (χ4n) is 3.40. The third-order valence-corrected chi connectivity index (χ3v) is 4.34. The van der Waals surface area contributed by atoms with Crippen molar-refractivity contribution in [3.05, 3.63) is 53.2 Å². The molecule has 106 valence electrons. The first-order chi connectivity index (χ1) is 10.3. The molecule has 0 saturated heterocycles. The van der Waals surface area contributed by atoms with Crippen molar-refractivity contribution in [2.45, 2.75) is 32.1 Å². The molecule has 3 aromatic rings. The molecule has 2 heterocycles. The number of nitrogens with zero attached hydrogens (tertiary/aromatic N) is 4. The first-order valence-electron chi connectivity index (χ1n) is 7.29. The first kappa shape index (κ1) is 12.3. The molecular formula is C16H17N5. The summed E-state index contributed by atoms with van der Waals surface area (Å²) < 4.78 is 1.87. The van der Waals surface area contributed by atoms with Crippen molar-refractivity contribution in [1.29, 1.82) is 0 Å². The van der Waals surface area contributed by atoms with E-state index >= 15 is 0 Å². The number of nitrogen functional groups attached to an aromatic ring is 1. The second-order valence-electron chi connectivity index (χ2n) is 5.60. The Morgan fingerprint density at radius 1 is 1.29 bits per heavy atom. The number of imidazole rings is 1. The lowest BCUT2D eigenvalue weighted by molar-refractivity contribution is 0.578. The van der Waals surface area contributed by atoms with Crippen molar-refractivity contribution < 1.29 is 0 Å². The fourth-order valence-corrected chi connectivity index (χ4v) is 3.40. The van der Waals surface area contributed by atoms with E-state index in [9.17, 15) is 0 Å². The van der Waals surface area contributed by atoms with E-state index in [1.807, 2.05) is 11.4 Å². The molecule has 1 aromatic carbocycles. The Kier molecular flexibility index (Phi) is 2.67. The minimum Gasteiger partial charge on any atom is -0.382 e. The SMILES string of the molecule is Cc1nc(C2CCCc3ccccc32)n2ncnc(N)c12. The predicted octanol–water partition coefficient (Wildman–Crippen LogP) is 2.48. The molecule has 1 aliphatic carbocycles. The summed E-state index contributed by atoms with van der Waals surface area (Å²) in [7, 11) is 0. The van der Waals surface area contributed by atoms with E-state index in [-0.39, 0.29) is 5.92 Å². The van der Waals surface area contributed by atoms with E-state index < -0.39 is 0 Å². The number of nitrogens with two attached hydrogens (primary N) is 1. The largest absolute Gasteiger partial charge is 0.382 e. The van der Waals surface area contributed by atoms with E-state index in [4.69, 9.17) is 10.7 Å². The Balaban J connectivity index is 1.95. The maximum absolute atomic E-state index is 5.98. The molecule has 1 aliphatic rings. The zero-order valence-electron chi connectivity index (χ0n) is 12.0. The van der Waals surface area contributed by atoms with Gasteiger partial charge in [-0.15, -0.1) is 0 Å². The highest BCUT2D eigenvalue weighted by atomic mass is 15.3. The van der Waals surface area contributed by atoms with Gasteiger partial charge in [-0.3, -0.25) is 0 Å². The number of aromatic nitrogens is 4. The normalized spacial score (nSPS) is 17.9. The number of aryl methyl sites for hydroxylation is 2. The molecular weight excluding hydrogens is 262 g/mol. The van der Waals surface area contributed by atoms with Gasteiger partial charge in [-0.1, -0.05) is 24.3 Å². The molecule has 5 nitrogen and oxygen atoms in total. The Bertz CT molecular complexity index is 821. The minimum absolute atomic E-state index is 0.283. The van der Waals surface area contributed by atoms with E-state index in [1.54, 1.807) is 0 Å². The summed E-state index contributed by atoms with van der Waals surface area (Å²) in [5.74, 6) is 1.75. The van der Waals surface area contributed by atoms with Crippen molar-refractivity contribution in [2.24, 2.45) is 0 Å². The highest BCUT2D eigenvalue weighted by molar-refractivity contribution is 5.68. The van der Waals surface area contributed by atoms with Crippen LogP contribution in [0.4, 0.5) is 5.82 Å². The second kappa shape index (κ2) is 4.55.